The fourth-order valence-electron chi connectivity index (χ4n) is 1.34. The van der Waals surface area contributed by atoms with Gasteiger partial charge in [0.05, 0.1) is 0 Å². The number of aliphatic carboxylic acids is 1. The molecule has 0 aliphatic carbocycles. The lowest BCUT2D eigenvalue weighted by molar-refractivity contribution is -0.141. The maximum atomic E-state index is 11.6. The van der Waals surface area contributed by atoms with Gasteiger partial charge in [0.1, 0.15) is 6.04 Å². The number of carboxylic acid groups (broad SMARTS) is 1. The zero-order valence-electron chi connectivity index (χ0n) is 10.4. The van der Waals surface area contributed by atoms with Gasteiger partial charge in [0, 0.05) is 12.8 Å². The number of carbonyl (C=O) groups excluding carboxylic acids is 1. The lowest BCUT2D eigenvalue weighted by Gasteiger charge is -2.13. The van der Waals surface area contributed by atoms with Crippen LogP contribution in [0.1, 0.15) is 32.5 Å². The number of carbonyl (C=O) groups is 2. The molecule has 3 N–H and O–H groups in total. The number of H-pyrrole nitrogens is 1. The molecule has 0 aromatic carbocycles. The van der Waals surface area contributed by atoms with Gasteiger partial charge in [0.15, 0.2) is 5.82 Å². The van der Waals surface area contributed by atoms with E-state index in [0.29, 0.717) is 12.3 Å². The average molecular weight is 255 g/mol. The van der Waals surface area contributed by atoms with Gasteiger partial charge in [0.2, 0.25) is 5.91 Å². The largest absolute Gasteiger partial charge is 0.480 e. The number of nitrogens with zero attached hydrogens (tertiary/aromatic N) is 3. The van der Waals surface area contributed by atoms with Gasteiger partial charge in [0.25, 0.3) is 0 Å². The summed E-state index contributed by atoms with van der Waals surface area (Å²) in [5.74, 6) is -0.736. The highest BCUT2D eigenvalue weighted by atomic mass is 16.4. The topological polar surface area (TPSA) is 121 Å². The summed E-state index contributed by atoms with van der Waals surface area (Å²) in [6.45, 7) is 4.00. The Balaban J connectivity index is 2.48. The summed E-state index contributed by atoms with van der Waals surface area (Å²) >= 11 is 0. The molecule has 0 aliphatic heterocycles. The third-order valence-corrected chi connectivity index (χ3v) is 2.36. The number of nitrogens with one attached hydrogen (secondary N) is 2. The molecular weight excluding hydrogens is 238 g/mol. The maximum absolute atomic E-state index is 11.6. The first-order valence-corrected chi connectivity index (χ1v) is 5.73. The lowest BCUT2D eigenvalue weighted by atomic mass is 10.1. The van der Waals surface area contributed by atoms with Crippen molar-refractivity contribution < 1.29 is 14.7 Å². The molecular formula is C10H17N5O3. The van der Waals surface area contributed by atoms with Crippen molar-refractivity contribution >= 4 is 11.9 Å². The summed E-state index contributed by atoms with van der Waals surface area (Å²) in [7, 11) is 0. The smallest absolute Gasteiger partial charge is 0.326 e. The maximum Gasteiger partial charge on any atom is 0.326 e. The van der Waals surface area contributed by atoms with E-state index in [4.69, 9.17) is 5.11 Å². The molecule has 0 aliphatic rings. The second-order valence-electron chi connectivity index (χ2n) is 4.42. The van der Waals surface area contributed by atoms with Gasteiger partial charge < -0.3 is 10.4 Å². The van der Waals surface area contributed by atoms with Crippen molar-refractivity contribution in [1.29, 1.82) is 0 Å². The van der Waals surface area contributed by atoms with Gasteiger partial charge in [-0.3, -0.25) is 4.79 Å². The minimum atomic E-state index is -1.11. The Bertz CT molecular complexity index is 390. The first kappa shape index (κ1) is 14.1. The molecule has 0 spiro atoms. The minimum Gasteiger partial charge on any atom is -0.480 e. The summed E-state index contributed by atoms with van der Waals surface area (Å²) in [5, 5.41) is 24.3. The molecule has 100 valence electrons. The molecule has 1 amide bonds. The molecule has 0 bridgehead atoms. The first-order valence-electron chi connectivity index (χ1n) is 5.73. The van der Waals surface area contributed by atoms with Gasteiger partial charge in [-0.05, 0) is 12.3 Å². The van der Waals surface area contributed by atoms with E-state index in [1.165, 1.54) is 0 Å². The van der Waals surface area contributed by atoms with Crippen LogP contribution in [0.15, 0.2) is 0 Å². The Morgan fingerprint density at radius 1 is 1.44 bits per heavy atom. The monoisotopic (exact) mass is 255 g/mol. The Kier molecular flexibility index (Phi) is 5.22. The summed E-state index contributed by atoms with van der Waals surface area (Å²) in [6, 6.07) is -1.03. The Morgan fingerprint density at radius 2 is 2.17 bits per heavy atom. The molecule has 1 heterocycles. The molecule has 8 nitrogen and oxygen atoms in total. The van der Waals surface area contributed by atoms with Crippen molar-refractivity contribution in [3.05, 3.63) is 5.82 Å². The van der Waals surface area contributed by atoms with E-state index < -0.39 is 12.0 Å². The van der Waals surface area contributed by atoms with Crippen LogP contribution >= 0.6 is 0 Å². The van der Waals surface area contributed by atoms with Crippen molar-refractivity contribution in [2.45, 2.75) is 39.2 Å². The fourth-order valence-corrected chi connectivity index (χ4v) is 1.34. The van der Waals surface area contributed by atoms with Crippen molar-refractivity contribution in [2.75, 3.05) is 0 Å². The molecule has 1 atom stereocenters. The van der Waals surface area contributed by atoms with E-state index in [1.54, 1.807) is 0 Å². The quantitative estimate of drug-likeness (QED) is 0.617. The Labute approximate surface area is 104 Å². The van der Waals surface area contributed by atoms with Crippen molar-refractivity contribution in [3.63, 3.8) is 0 Å². The zero-order chi connectivity index (χ0) is 13.5. The van der Waals surface area contributed by atoms with Crippen LogP contribution in [-0.2, 0) is 16.0 Å². The highest BCUT2D eigenvalue weighted by molar-refractivity contribution is 5.83. The Hall–Kier alpha value is -1.99. The zero-order valence-corrected chi connectivity index (χ0v) is 10.4. The van der Waals surface area contributed by atoms with E-state index in [9.17, 15) is 9.59 Å². The SMILES string of the molecule is CC(C)CCC(=O)N[C@@H](Cc1nn[nH]n1)C(=O)O. The molecule has 8 heteroatoms. The molecule has 18 heavy (non-hydrogen) atoms. The number of aromatic nitrogens is 4. The van der Waals surface area contributed by atoms with Crippen LogP contribution in [0.5, 0.6) is 0 Å². The standard InChI is InChI=1S/C10H17N5O3/c1-6(2)3-4-9(16)11-7(10(17)18)5-8-12-14-15-13-8/h6-7H,3-5H2,1-2H3,(H,11,16)(H,17,18)(H,12,13,14,15)/t7-/m0/s1. The van der Waals surface area contributed by atoms with Crippen molar-refractivity contribution in [3.8, 4) is 0 Å². The molecule has 1 aromatic heterocycles. The number of amides is 1. The third kappa shape index (κ3) is 4.89. The molecule has 1 aromatic rings. The second kappa shape index (κ2) is 6.67. The lowest BCUT2D eigenvalue weighted by Crippen LogP contribution is -2.42. The molecule has 0 saturated heterocycles. The van der Waals surface area contributed by atoms with Crippen LogP contribution in [0.2, 0.25) is 0 Å². The third-order valence-electron chi connectivity index (χ3n) is 2.36. The number of hydrogen-bond donors (Lipinski definition) is 3. The molecule has 0 radical (unpaired) electrons. The number of tetrazole rings is 1. The first-order chi connectivity index (χ1) is 8.49. The predicted octanol–water partition coefficient (Wildman–Crippen LogP) is -0.252. The Morgan fingerprint density at radius 3 is 2.67 bits per heavy atom. The van der Waals surface area contributed by atoms with Gasteiger partial charge in [-0.2, -0.15) is 5.21 Å². The normalized spacial score (nSPS) is 12.4. The van der Waals surface area contributed by atoms with E-state index >= 15 is 0 Å². The summed E-state index contributed by atoms with van der Waals surface area (Å²) in [6.07, 6.45) is 1.05. The van der Waals surface area contributed by atoms with Gasteiger partial charge >= 0.3 is 5.97 Å². The van der Waals surface area contributed by atoms with Crippen LogP contribution in [-0.4, -0.2) is 43.6 Å². The number of carboxylic acids is 1. The van der Waals surface area contributed by atoms with E-state index in [-0.39, 0.29) is 18.2 Å². The summed E-state index contributed by atoms with van der Waals surface area (Å²) in [5.41, 5.74) is 0. The molecule has 1 rings (SSSR count). The van der Waals surface area contributed by atoms with E-state index in [2.05, 4.69) is 25.9 Å². The predicted molar refractivity (Wildman–Crippen MR) is 61.5 cm³/mol. The van der Waals surface area contributed by atoms with Crippen LogP contribution in [0, 0.1) is 5.92 Å². The molecule has 0 saturated carbocycles. The summed E-state index contributed by atoms with van der Waals surface area (Å²) in [4.78, 5) is 22.6. The van der Waals surface area contributed by atoms with Crippen LogP contribution in [0.25, 0.3) is 0 Å². The van der Waals surface area contributed by atoms with Crippen LogP contribution < -0.4 is 5.32 Å². The van der Waals surface area contributed by atoms with Gasteiger partial charge in [-0.15, -0.1) is 10.2 Å². The van der Waals surface area contributed by atoms with E-state index in [1.807, 2.05) is 13.8 Å². The van der Waals surface area contributed by atoms with Crippen molar-refractivity contribution in [1.82, 2.24) is 25.9 Å². The number of hydrogen-bond acceptors (Lipinski definition) is 5. The fraction of sp³-hybridized carbons (Fsp3) is 0.700. The minimum absolute atomic E-state index is 0.0131. The number of rotatable bonds is 7. The summed E-state index contributed by atoms with van der Waals surface area (Å²) < 4.78 is 0. The van der Waals surface area contributed by atoms with E-state index in [0.717, 1.165) is 6.42 Å². The van der Waals surface area contributed by atoms with Crippen molar-refractivity contribution in [2.24, 2.45) is 5.92 Å². The average Bonchev–Trinajstić information content (AvgIpc) is 2.78. The highest BCUT2D eigenvalue weighted by Gasteiger charge is 2.22. The van der Waals surface area contributed by atoms with Gasteiger partial charge in [-0.1, -0.05) is 19.1 Å². The van der Waals surface area contributed by atoms with Crippen LogP contribution in [0.3, 0.4) is 0 Å². The highest BCUT2D eigenvalue weighted by Crippen LogP contribution is 2.04. The second-order valence-corrected chi connectivity index (χ2v) is 4.42. The molecule has 0 unspecified atom stereocenters. The van der Waals surface area contributed by atoms with Gasteiger partial charge in [-0.25, -0.2) is 4.79 Å². The molecule has 0 fully saturated rings. The number of aromatic amines is 1. The van der Waals surface area contributed by atoms with Crippen LogP contribution in [0.4, 0.5) is 0 Å².